The molecule has 0 heterocycles. The summed E-state index contributed by atoms with van der Waals surface area (Å²) in [6.07, 6.45) is 66.5. The lowest BCUT2D eigenvalue weighted by Gasteiger charge is -2.21. The van der Waals surface area contributed by atoms with Crippen LogP contribution in [0.5, 0.6) is 0 Å². The van der Waals surface area contributed by atoms with Gasteiger partial charge in [0, 0.05) is 0 Å². The monoisotopic (exact) mass is 858 g/mol. The minimum Gasteiger partial charge on any atom is -0.394 e. The van der Waals surface area contributed by atoms with E-state index < -0.39 is 24.2 Å². The van der Waals surface area contributed by atoms with Crippen molar-refractivity contribution in [2.45, 2.75) is 308 Å². The van der Waals surface area contributed by atoms with E-state index in [0.717, 1.165) is 38.5 Å². The first-order chi connectivity index (χ1) is 30.1. The van der Waals surface area contributed by atoms with E-state index in [4.69, 9.17) is 0 Å². The minimum atomic E-state index is -1.11. The van der Waals surface area contributed by atoms with Crippen molar-refractivity contribution in [2.24, 2.45) is 0 Å². The number of rotatable bonds is 50. The first-order valence-electron chi connectivity index (χ1n) is 27.3. The molecule has 0 rings (SSSR count). The van der Waals surface area contributed by atoms with E-state index in [1.165, 1.54) is 231 Å². The van der Waals surface area contributed by atoms with Gasteiger partial charge in [-0.15, -0.1) is 0 Å². The van der Waals surface area contributed by atoms with Crippen molar-refractivity contribution in [1.82, 2.24) is 5.32 Å². The molecule has 0 saturated heterocycles. The van der Waals surface area contributed by atoms with Crippen molar-refractivity contribution in [3.63, 3.8) is 0 Å². The number of carbonyl (C=O) groups excluding carboxylic acids is 1. The average Bonchev–Trinajstić information content (AvgIpc) is 3.26. The van der Waals surface area contributed by atoms with Crippen molar-refractivity contribution in [1.29, 1.82) is 0 Å². The van der Waals surface area contributed by atoms with Crippen LogP contribution in [0, 0.1) is 0 Å². The summed E-state index contributed by atoms with van der Waals surface area (Å²) in [6, 6.07) is -0.818. The molecule has 0 aliphatic rings. The van der Waals surface area contributed by atoms with Crippen LogP contribution in [-0.2, 0) is 4.79 Å². The summed E-state index contributed by atoms with van der Waals surface area (Å²) in [5.74, 6) is -0.514. The Balaban J connectivity index is 3.63. The van der Waals surface area contributed by atoms with Crippen molar-refractivity contribution in [3.05, 3.63) is 36.5 Å². The van der Waals surface area contributed by atoms with Crippen LogP contribution >= 0.6 is 0 Å². The zero-order valence-electron chi connectivity index (χ0n) is 41.1. The Kier molecular flexibility index (Phi) is 50.0. The predicted molar refractivity (Wildman–Crippen MR) is 268 cm³/mol. The Morgan fingerprint density at radius 1 is 0.393 bits per heavy atom. The van der Waals surface area contributed by atoms with Gasteiger partial charge in [0.1, 0.15) is 6.10 Å². The van der Waals surface area contributed by atoms with Gasteiger partial charge in [-0.25, -0.2) is 0 Å². The predicted octanol–water partition coefficient (Wildman–Crippen LogP) is 16.7. The molecule has 0 aromatic carbocycles. The maximum Gasteiger partial charge on any atom is 0.249 e. The fourth-order valence-corrected chi connectivity index (χ4v) is 8.43. The summed E-state index contributed by atoms with van der Waals surface area (Å²) >= 11 is 0. The maximum absolute atomic E-state index is 12.5. The van der Waals surface area contributed by atoms with Gasteiger partial charge in [0.25, 0.3) is 0 Å². The Labute approximate surface area is 381 Å². The van der Waals surface area contributed by atoms with Crippen molar-refractivity contribution < 1.29 is 20.1 Å². The molecule has 3 unspecified atom stereocenters. The molecule has 0 saturated carbocycles. The maximum atomic E-state index is 12.5. The highest BCUT2D eigenvalue weighted by Gasteiger charge is 2.22. The molecule has 0 fully saturated rings. The van der Waals surface area contributed by atoms with E-state index in [9.17, 15) is 20.1 Å². The van der Waals surface area contributed by atoms with E-state index in [-0.39, 0.29) is 6.61 Å². The van der Waals surface area contributed by atoms with Gasteiger partial charge in [-0.1, -0.05) is 269 Å². The van der Waals surface area contributed by atoms with E-state index >= 15 is 0 Å². The van der Waals surface area contributed by atoms with Gasteiger partial charge in [-0.3, -0.25) is 4.79 Å². The van der Waals surface area contributed by atoms with Gasteiger partial charge in [0.05, 0.1) is 18.8 Å². The molecule has 4 N–H and O–H groups in total. The van der Waals surface area contributed by atoms with Crippen LogP contribution in [0.3, 0.4) is 0 Å². The fourth-order valence-electron chi connectivity index (χ4n) is 8.43. The highest BCUT2D eigenvalue weighted by molar-refractivity contribution is 5.80. The molecule has 0 spiro atoms. The van der Waals surface area contributed by atoms with E-state index in [0.29, 0.717) is 6.42 Å². The molecule has 360 valence electrons. The number of aliphatic hydroxyl groups excluding tert-OH is 3. The van der Waals surface area contributed by atoms with Gasteiger partial charge < -0.3 is 20.6 Å². The average molecular weight is 858 g/mol. The molecule has 0 aromatic heterocycles. The quantitative estimate of drug-likeness (QED) is 0.0362. The zero-order valence-corrected chi connectivity index (χ0v) is 41.1. The Bertz CT molecular complexity index is 947. The Morgan fingerprint density at radius 3 is 1.00 bits per heavy atom. The van der Waals surface area contributed by atoms with Gasteiger partial charge in [-0.05, 0) is 57.8 Å². The highest BCUT2D eigenvalue weighted by atomic mass is 16.3. The molecule has 5 heteroatoms. The second kappa shape index (κ2) is 51.2. The second-order valence-electron chi connectivity index (χ2n) is 18.8. The van der Waals surface area contributed by atoms with Crippen LogP contribution in [0.4, 0.5) is 0 Å². The van der Waals surface area contributed by atoms with Crippen LogP contribution in [0.1, 0.15) is 290 Å². The van der Waals surface area contributed by atoms with Crippen LogP contribution in [0.15, 0.2) is 36.5 Å². The van der Waals surface area contributed by atoms with Crippen LogP contribution < -0.4 is 5.32 Å². The summed E-state index contributed by atoms with van der Waals surface area (Å²) in [5.41, 5.74) is 0. The number of allylic oxidation sites excluding steroid dienone is 5. The third kappa shape index (κ3) is 46.4. The van der Waals surface area contributed by atoms with E-state index in [1.54, 1.807) is 6.08 Å². The van der Waals surface area contributed by atoms with Crippen molar-refractivity contribution >= 4 is 5.91 Å². The number of unbranched alkanes of at least 4 members (excludes halogenated alkanes) is 38. The van der Waals surface area contributed by atoms with Crippen molar-refractivity contribution in [3.8, 4) is 0 Å². The topological polar surface area (TPSA) is 89.8 Å². The van der Waals surface area contributed by atoms with Crippen LogP contribution in [0.2, 0.25) is 0 Å². The third-order valence-corrected chi connectivity index (χ3v) is 12.7. The summed E-state index contributed by atoms with van der Waals surface area (Å²) in [4.78, 5) is 12.5. The minimum absolute atomic E-state index is 0.377. The van der Waals surface area contributed by atoms with E-state index in [2.05, 4.69) is 43.5 Å². The zero-order chi connectivity index (χ0) is 44.4. The molecule has 5 nitrogen and oxygen atoms in total. The first-order valence-corrected chi connectivity index (χ1v) is 27.3. The second-order valence-corrected chi connectivity index (χ2v) is 18.8. The van der Waals surface area contributed by atoms with Crippen molar-refractivity contribution in [2.75, 3.05) is 6.61 Å². The molecule has 61 heavy (non-hydrogen) atoms. The molecule has 0 radical (unpaired) electrons. The normalized spacial score (nSPS) is 13.6. The summed E-state index contributed by atoms with van der Waals surface area (Å²) in [6.45, 7) is 4.20. The lowest BCUT2D eigenvalue weighted by atomic mass is 10.0. The molecule has 0 aliphatic heterocycles. The number of amides is 1. The number of carbonyl (C=O) groups is 1. The van der Waals surface area contributed by atoms with Crippen LogP contribution in [0.25, 0.3) is 0 Å². The number of hydrogen-bond acceptors (Lipinski definition) is 4. The van der Waals surface area contributed by atoms with E-state index in [1.807, 2.05) is 6.08 Å². The van der Waals surface area contributed by atoms with Gasteiger partial charge in [-0.2, -0.15) is 0 Å². The van der Waals surface area contributed by atoms with Gasteiger partial charge in [0.2, 0.25) is 5.91 Å². The third-order valence-electron chi connectivity index (χ3n) is 12.7. The smallest absolute Gasteiger partial charge is 0.249 e. The van der Waals surface area contributed by atoms with Gasteiger partial charge >= 0.3 is 0 Å². The van der Waals surface area contributed by atoms with Gasteiger partial charge in [0.15, 0.2) is 0 Å². The standard InChI is InChI=1S/C56H107NO4/c1-3-5-7-9-11-13-15-17-19-21-23-25-27-28-29-31-32-34-36-38-40-42-44-46-48-50-54(59)53(52-58)57-56(61)55(60)51-49-47-45-43-41-39-37-35-33-30-26-24-22-20-18-16-14-12-10-8-6-4-2/h33,35,40,42,48,50,53-55,58-60H,3-32,34,36-39,41,43-47,49,51-52H2,1-2H3,(H,57,61)/b35-33-,42-40+,50-48+. The van der Waals surface area contributed by atoms with Crippen LogP contribution in [-0.4, -0.2) is 46.1 Å². The molecule has 1 amide bonds. The summed E-state index contributed by atoms with van der Waals surface area (Å²) in [7, 11) is 0. The summed E-state index contributed by atoms with van der Waals surface area (Å²) in [5, 5.41) is 33.3. The number of aliphatic hydroxyl groups is 3. The molecule has 0 bridgehead atoms. The largest absolute Gasteiger partial charge is 0.394 e. The molecule has 3 atom stereocenters. The Morgan fingerprint density at radius 2 is 0.672 bits per heavy atom. The highest BCUT2D eigenvalue weighted by Crippen LogP contribution is 2.17. The molecule has 0 aliphatic carbocycles. The molecular formula is C56H107NO4. The SMILES string of the molecule is CCCCCCCCCCCCCC/C=C\CCCCCCCCC(O)C(=O)NC(CO)C(O)/C=C/CC/C=C/CCCCCCCCCCCCCCCCCCCCC. The number of nitrogens with one attached hydrogen (secondary N) is 1. The summed E-state index contributed by atoms with van der Waals surface area (Å²) < 4.78 is 0. The lowest BCUT2D eigenvalue weighted by Crippen LogP contribution is -2.48. The molecule has 0 aromatic rings. The Hall–Kier alpha value is -1.43. The first kappa shape index (κ1) is 59.6. The molecular weight excluding hydrogens is 751 g/mol. The number of hydrogen-bond donors (Lipinski definition) is 4. The lowest BCUT2D eigenvalue weighted by molar-refractivity contribution is -0.131. The fraction of sp³-hybridized carbons (Fsp3) is 0.875.